The minimum absolute atomic E-state index is 0.0127. The number of para-hydroxylation sites is 1. The van der Waals surface area contributed by atoms with Gasteiger partial charge in [-0.1, -0.05) is 18.2 Å². The van der Waals surface area contributed by atoms with Crippen molar-refractivity contribution in [3.8, 4) is 0 Å². The average molecular weight is 406 g/mol. The van der Waals surface area contributed by atoms with Crippen molar-refractivity contribution in [2.24, 2.45) is 0 Å². The topological polar surface area (TPSA) is 73.1 Å². The highest BCUT2D eigenvalue weighted by molar-refractivity contribution is 5.76. The maximum absolute atomic E-state index is 12.8. The van der Waals surface area contributed by atoms with Gasteiger partial charge in [0.25, 0.3) is 0 Å². The molecule has 0 unspecified atom stereocenters. The third kappa shape index (κ3) is 3.71. The molecule has 0 amide bonds. The maximum Gasteiger partial charge on any atom is 0.197 e. The summed E-state index contributed by atoms with van der Waals surface area (Å²) in [5.74, 6) is 1.01. The largest absolute Gasteiger partial charge is 0.464 e. The van der Waals surface area contributed by atoms with Gasteiger partial charge < -0.3 is 14.4 Å². The normalized spacial score (nSPS) is 23.3. The molecule has 2 atom stereocenters. The Balaban J connectivity index is 1.23. The van der Waals surface area contributed by atoms with Crippen LogP contribution in [0.3, 0.4) is 0 Å². The van der Waals surface area contributed by atoms with E-state index in [4.69, 9.17) is 4.42 Å². The van der Waals surface area contributed by atoms with Gasteiger partial charge in [0.15, 0.2) is 5.43 Å². The van der Waals surface area contributed by atoms with Gasteiger partial charge in [0.2, 0.25) is 0 Å². The van der Waals surface area contributed by atoms with E-state index in [1.54, 1.807) is 18.4 Å². The molecule has 4 heterocycles. The second kappa shape index (κ2) is 8.18. The van der Waals surface area contributed by atoms with Crippen LogP contribution in [0.4, 0.5) is 5.82 Å². The smallest absolute Gasteiger partial charge is 0.197 e. The molecule has 30 heavy (non-hydrogen) atoms. The molecule has 2 fully saturated rings. The maximum atomic E-state index is 12.8. The molecule has 1 N–H and O–H groups in total. The fraction of sp³-hybridized carbons (Fsp3) is 0.391. The molecule has 0 spiro atoms. The molecule has 0 aliphatic carbocycles. The second-order valence-electron chi connectivity index (χ2n) is 8.13. The SMILES string of the molecule is O=c1c(CN2C[C@@H](O)[C@H](N3CCN(c4ccccn4)CC3)C2)coc2ccccc12. The Kier molecular flexibility index (Phi) is 5.25. The van der Waals surface area contributed by atoms with Crippen molar-refractivity contribution in [2.75, 3.05) is 44.2 Å². The predicted octanol–water partition coefficient (Wildman–Crippen LogP) is 1.56. The standard InChI is InChI=1S/C23H26N4O3/c28-20-15-25(13-17-16-30-21-6-2-1-5-18(21)23(17)29)14-19(20)26-9-11-27(12-10-26)22-7-3-4-8-24-22/h1-8,16,19-20,28H,9-15H2/t19-,20-/m1/s1. The number of β-amino-alcohol motifs (C(OH)–C–C–N with tert-alkyl or cyclic N) is 1. The van der Waals surface area contributed by atoms with E-state index in [0.29, 0.717) is 29.6 Å². The van der Waals surface area contributed by atoms with E-state index in [1.807, 2.05) is 36.5 Å². The van der Waals surface area contributed by atoms with E-state index in [2.05, 4.69) is 19.7 Å². The molecule has 1 aromatic carbocycles. The molecule has 7 heteroatoms. The number of anilines is 1. The van der Waals surface area contributed by atoms with Gasteiger partial charge in [0.1, 0.15) is 11.4 Å². The van der Waals surface area contributed by atoms with Crippen molar-refractivity contribution < 1.29 is 9.52 Å². The number of nitrogens with zero attached hydrogens (tertiary/aromatic N) is 4. The number of pyridine rings is 1. The van der Waals surface area contributed by atoms with Crippen molar-refractivity contribution in [2.45, 2.75) is 18.7 Å². The Morgan fingerprint density at radius 2 is 1.83 bits per heavy atom. The van der Waals surface area contributed by atoms with E-state index in [0.717, 1.165) is 38.5 Å². The van der Waals surface area contributed by atoms with Crippen molar-refractivity contribution in [1.82, 2.24) is 14.8 Å². The fourth-order valence-electron chi connectivity index (χ4n) is 4.63. The lowest BCUT2D eigenvalue weighted by Crippen LogP contribution is -2.54. The van der Waals surface area contributed by atoms with Crippen LogP contribution in [0, 0.1) is 0 Å². The van der Waals surface area contributed by atoms with Gasteiger partial charge in [0, 0.05) is 63.6 Å². The van der Waals surface area contributed by atoms with Crippen molar-refractivity contribution in [3.05, 3.63) is 70.7 Å². The van der Waals surface area contributed by atoms with E-state index in [9.17, 15) is 9.90 Å². The Bertz CT molecular complexity index is 1060. The second-order valence-corrected chi connectivity index (χ2v) is 8.13. The summed E-state index contributed by atoms with van der Waals surface area (Å²) < 4.78 is 5.65. The van der Waals surface area contributed by atoms with Gasteiger partial charge in [-0.25, -0.2) is 4.98 Å². The number of aliphatic hydroxyl groups excluding tert-OH is 1. The van der Waals surface area contributed by atoms with Gasteiger partial charge in [-0.15, -0.1) is 0 Å². The van der Waals surface area contributed by atoms with Crippen molar-refractivity contribution >= 4 is 16.8 Å². The zero-order chi connectivity index (χ0) is 20.5. The van der Waals surface area contributed by atoms with Gasteiger partial charge >= 0.3 is 0 Å². The van der Waals surface area contributed by atoms with Gasteiger partial charge in [0.05, 0.1) is 17.8 Å². The molecule has 2 aromatic heterocycles. The molecule has 2 aliphatic heterocycles. The number of aromatic nitrogens is 1. The first-order chi connectivity index (χ1) is 14.7. The van der Waals surface area contributed by atoms with Crippen LogP contribution in [0.25, 0.3) is 11.0 Å². The zero-order valence-corrected chi connectivity index (χ0v) is 16.9. The monoisotopic (exact) mass is 406 g/mol. The predicted molar refractivity (Wildman–Crippen MR) is 116 cm³/mol. The minimum atomic E-state index is -0.418. The molecule has 0 radical (unpaired) electrons. The van der Waals surface area contributed by atoms with E-state index >= 15 is 0 Å². The Morgan fingerprint density at radius 3 is 2.63 bits per heavy atom. The zero-order valence-electron chi connectivity index (χ0n) is 16.9. The van der Waals surface area contributed by atoms with Crippen LogP contribution in [0.2, 0.25) is 0 Å². The Labute approximate surface area is 175 Å². The average Bonchev–Trinajstić information content (AvgIpc) is 3.16. The van der Waals surface area contributed by atoms with Crippen molar-refractivity contribution in [3.63, 3.8) is 0 Å². The summed E-state index contributed by atoms with van der Waals surface area (Å²) in [5, 5.41) is 11.3. The Morgan fingerprint density at radius 1 is 1.03 bits per heavy atom. The molecule has 2 aliphatic rings. The number of hydrogen-bond donors (Lipinski definition) is 1. The Hall–Kier alpha value is -2.74. The summed E-state index contributed by atoms with van der Waals surface area (Å²) >= 11 is 0. The summed E-state index contributed by atoms with van der Waals surface area (Å²) in [5.41, 5.74) is 1.26. The van der Waals surface area contributed by atoms with E-state index < -0.39 is 6.10 Å². The van der Waals surface area contributed by atoms with Gasteiger partial charge in [-0.2, -0.15) is 0 Å². The highest BCUT2D eigenvalue weighted by atomic mass is 16.3. The summed E-state index contributed by atoms with van der Waals surface area (Å²) in [4.78, 5) is 24.0. The van der Waals surface area contributed by atoms with Crippen LogP contribution < -0.4 is 10.3 Å². The van der Waals surface area contributed by atoms with Gasteiger partial charge in [-0.3, -0.25) is 14.6 Å². The highest BCUT2D eigenvalue weighted by Crippen LogP contribution is 2.22. The van der Waals surface area contributed by atoms with Crippen LogP contribution in [0.15, 0.2) is 64.1 Å². The summed E-state index contributed by atoms with van der Waals surface area (Å²) in [6.45, 7) is 5.39. The highest BCUT2D eigenvalue weighted by Gasteiger charge is 2.37. The number of hydrogen-bond acceptors (Lipinski definition) is 7. The van der Waals surface area contributed by atoms with E-state index in [1.165, 1.54) is 0 Å². The van der Waals surface area contributed by atoms with Crippen molar-refractivity contribution in [1.29, 1.82) is 0 Å². The van der Waals surface area contributed by atoms with Crippen LogP contribution in [0.1, 0.15) is 5.56 Å². The van der Waals surface area contributed by atoms with Crippen LogP contribution in [-0.2, 0) is 6.54 Å². The summed E-state index contributed by atoms with van der Waals surface area (Å²) in [6, 6.07) is 13.4. The quantitative estimate of drug-likeness (QED) is 0.705. The lowest BCUT2D eigenvalue weighted by atomic mass is 10.1. The first kappa shape index (κ1) is 19.2. The molecule has 2 saturated heterocycles. The molecule has 156 valence electrons. The van der Waals surface area contributed by atoms with Gasteiger partial charge in [-0.05, 0) is 24.3 Å². The number of likely N-dealkylation sites (tertiary alicyclic amines) is 1. The third-order valence-electron chi connectivity index (χ3n) is 6.24. The molecule has 3 aromatic rings. The summed E-state index contributed by atoms with van der Waals surface area (Å²) in [7, 11) is 0. The fourth-order valence-corrected chi connectivity index (χ4v) is 4.63. The molecular formula is C23H26N4O3. The molecular weight excluding hydrogens is 380 g/mol. The lowest BCUT2D eigenvalue weighted by molar-refractivity contribution is 0.0790. The van der Waals surface area contributed by atoms with Crippen LogP contribution >= 0.6 is 0 Å². The molecule has 5 rings (SSSR count). The lowest BCUT2D eigenvalue weighted by Gasteiger charge is -2.39. The number of rotatable bonds is 4. The third-order valence-corrected chi connectivity index (χ3v) is 6.24. The first-order valence-electron chi connectivity index (χ1n) is 10.5. The van der Waals surface area contributed by atoms with Crippen LogP contribution in [-0.4, -0.2) is 71.3 Å². The number of benzene rings is 1. The number of aliphatic hydroxyl groups is 1. The molecule has 7 nitrogen and oxygen atoms in total. The molecule has 0 bridgehead atoms. The minimum Gasteiger partial charge on any atom is -0.464 e. The van der Waals surface area contributed by atoms with E-state index in [-0.39, 0.29) is 11.5 Å². The van der Waals surface area contributed by atoms with Crippen LogP contribution in [0.5, 0.6) is 0 Å². The first-order valence-corrected chi connectivity index (χ1v) is 10.5. The summed E-state index contributed by atoms with van der Waals surface area (Å²) in [6.07, 6.45) is 2.97. The molecule has 0 saturated carbocycles. The number of piperazine rings is 1. The number of fused-ring (bicyclic) bond motifs is 1.